The summed E-state index contributed by atoms with van der Waals surface area (Å²) in [5.74, 6) is -1.20. The molecule has 1 aromatic heterocycles. The number of carbonyl (C=O) groups is 1. The number of fused-ring (bicyclic) bond motifs is 1. The van der Waals surface area contributed by atoms with Crippen LogP contribution in [0.1, 0.15) is 16.1 Å². The molecule has 0 bridgehead atoms. The van der Waals surface area contributed by atoms with Crippen molar-refractivity contribution in [2.24, 2.45) is 5.73 Å². The van der Waals surface area contributed by atoms with Crippen LogP contribution in [0.25, 0.3) is 10.9 Å². The molecule has 0 aliphatic heterocycles. The molecule has 0 unspecified atom stereocenters. The highest BCUT2D eigenvalue weighted by Crippen LogP contribution is 2.21. The lowest BCUT2D eigenvalue weighted by Crippen LogP contribution is -2.38. The van der Waals surface area contributed by atoms with E-state index >= 15 is 0 Å². The zero-order valence-corrected chi connectivity index (χ0v) is 18.0. The number of nitrogens with two attached hydrogens (primary N) is 1. The second kappa shape index (κ2) is 8.74. The molecule has 3 aromatic rings. The minimum atomic E-state index is -4.19. The standard InChI is InChI=1S/C18H19ClN4O5S2/c19-15-6-3-4-13(10-15)12-29(25,26)21-8-9-22-30(27,28)23-16-7-2-1-5-14(16)11-17(23)18(20)24/h1-7,10-11,21-22H,8-9,12H2,(H2,20,24). The summed E-state index contributed by atoms with van der Waals surface area (Å²) in [4.78, 5) is 11.7. The van der Waals surface area contributed by atoms with Crippen molar-refractivity contribution in [3.05, 3.63) is 70.9 Å². The zero-order valence-electron chi connectivity index (χ0n) is 15.6. The molecule has 1 amide bonds. The van der Waals surface area contributed by atoms with Crippen LogP contribution in [0.4, 0.5) is 0 Å². The number of sulfonamides is 1. The van der Waals surface area contributed by atoms with E-state index in [-0.39, 0.29) is 30.1 Å². The van der Waals surface area contributed by atoms with Crippen LogP contribution in [0.3, 0.4) is 0 Å². The smallest absolute Gasteiger partial charge is 0.306 e. The van der Waals surface area contributed by atoms with Crippen molar-refractivity contribution >= 4 is 48.6 Å². The summed E-state index contributed by atoms with van der Waals surface area (Å²) in [6, 6.07) is 14.3. The van der Waals surface area contributed by atoms with Crippen LogP contribution in [0, 0.1) is 0 Å². The highest BCUT2D eigenvalue weighted by atomic mass is 35.5. The van der Waals surface area contributed by atoms with Crippen molar-refractivity contribution in [2.75, 3.05) is 13.1 Å². The first kappa shape index (κ1) is 22.2. The van der Waals surface area contributed by atoms with Crippen molar-refractivity contribution in [2.45, 2.75) is 5.75 Å². The van der Waals surface area contributed by atoms with Crippen molar-refractivity contribution in [1.29, 1.82) is 0 Å². The maximum absolute atomic E-state index is 12.7. The molecular weight excluding hydrogens is 452 g/mol. The number of amides is 1. The van der Waals surface area contributed by atoms with Crippen LogP contribution < -0.4 is 15.2 Å². The van der Waals surface area contributed by atoms with E-state index in [1.165, 1.54) is 18.2 Å². The molecule has 160 valence electrons. The van der Waals surface area contributed by atoms with E-state index in [2.05, 4.69) is 9.44 Å². The van der Waals surface area contributed by atoms with Gasteiger partial charge >= 0.3 is 10.2 Å². The maximum Gasteiger partial charge on any atom is 0.306 e. The third-order valence-corrected chi connectivity index (χ3v) is 7.17. The summed E-state index contributed by atoms with van der Waals surface area (Å²) in [5, 5.41) is 0.943. The summed E-state index contributed by atoms with van der Waals surface area (Å²) in [5.41, 5.74) is 5.89. The Balaban J connectivity index is 1.68. The van der Waals surface area contributed by atoms with Gasteiger partial charge in [-0.1, -0.05) is 41.9 Å². The van der Waals surface area contributed by atoms with E-state index in [0.717, 1.165) is 3.97 Å². The monoisotopic (exact) mass is 470 g/mol. The lowest BCUT2D eigenvalue weighted by Gasteiger charge is -2.12. The lowest BCUT2D eigenvalue weighted by atomic mass is 10.2. The van der Waals surface area contributed by atoms with Crippen LogP contribution in [0.15, 0.2) is 54.6 Å². The first-order valence-electron chi connectivity index (χ1n) is 8.71. The van der Waals surface area contributed by atoms with Crippen molar-refractivity contribution in [3.63, 3.8) is 0 Å². The minimum Gasteiger partial charge on any atom is -0.364 e. The molecule has 0 fully saturated rings. The first-order chi connectivity index (χ1) is 14.1. The van der Waals surface area contributed by atoms with Gasteiger partial charge < -0.3 is 5.73 Å². The number of rotatable bonds is 9. The molecule has 0 spiro atoms. The molecule has 12 heteroatoms. The molecule has 0 aliphatic rings. The van der Waals surface area contributed by atoms with E-state index in [9.17, 15) is 21.6 Å². The number of primary amides is 1. The Bertz CT molecular complexity index is 1300. The molecular formula is C18H19ClN4O5S2. The Morgan fingerprint density at radius 3 is 2.37 bits per heavy atom. The number of benzene rings is 2. The summed E-state index contributed by atoms with van der Waals surface area (Å²) in [6.45, 7) is -0.422. The van der Waals surface area contributed by atoms with Crippen LogP contribution >= 0.6 is 11.6 Å². The van der Waals surface area contributed by atoms with Crippen molar-refractivity contribution in [1.82, 2.24) is 13.4 Å². The second-order valence-electron chi connectivity index (χ2n) is 6.40. The van der Waals surface area contributed by atoms with Gasteiger partial charge in [0.05, 0.1) is 11.3 Å². The van der Waals surface area contributed by atoms with Gasteiger partial charge in [0.15, 0.2) is 0 Å². The quantitative estimate of drug-likeness (QED) is 0.403. The highest BCUT2D eigenvalue weighted by molar-refractivity contribution is 7.88. The Labute approximate surface area is 179 Å². The van der Waals surface area contributed by atoms with Crippen LogP contribution in [-0.4, -0.2) is 39.8 Å². The van der Waals surface area contributed by atoms with Gasteiger partial charge in [-0.2, -0.15) is 13.1 Å². The van der Waals surface area contributed by atoms with Gasteiger partial charge in [0.25, 0.3) is 5.91 Å². The summed E-state index contributed by atoms with van der Waals surface area (Å²) < 4.78 is 55.3. The average molecular weight is 471 g/mol. The predicted molar refractivity (Wildman–Crippen MR) is 115 cm³/mol. The summed E-state index contributed by atoms with van der Waals surface area (Å²) >= 11 is 5.85. The fourth-order valence-electron chi connectivity index (χ4n) is 2.91. The van der Waals surface area contributed by atoms with Gasteiger partial charge in [-0.05, 0) is 29.8 Å². The van der Waals surface area contributed by atoms with Gasteiger partial charge in [-0.3, -0.25) is 4.79 Å². The normalized spacial score (nSPS) is 12.3. The number of nitrogens with one attached hydrogen (secondary N) is 2. The van der Waals surface area contributed by atoms with Crippen molar-refractivity contribution < 1.29 is 21.6 Å². The molecule has 0 saturated heterocycles. The van der Waals surface area contributed by atoms with Gasteiger partial charge in [0.1, 0.15) is 5.69 Å². The fraction of sp³-hybridized carbons (Fsp3) is 0.167. The molecule has 4 N–H and O–H groups in total. The largest absolute Gasteiger partial charge is 0.364 e. The number of para-hydroxylation sites is 1. The van der Waals surface area contributed by atoms with Crippen LogP contribution in [0.5, 0.6) is 0 Å². The van der Waals surface area contributed by atoms with E-state index < -0.39 is 26.1 Å². The Hall–Kier alpha value is -2.44. The average Bonchev–Trinajstić information content (AvgIpc) is 3.06. The van der Waals surface area contributed by atoms with Gasteiger partial charge in [0.2, 0.25) is 10.0 Å². The van der Waals surface area contributed by atoms with Gasteiger partial charge in [-0.15, -0.1) is 0 Å². The number of carbonyl (C=O) groups excluding carboxylic acids is 1. The van der Waals surface area contributed by atoms with E-state index in [0.29, 0.717) is 16.0 Å². The maximum atomic E-state index is 12.7. The summed E-state index contributed by atoms with van der Waals surface area (Å²) in [6.07, 6.45) is 0. The fourth-order valence-corrected chi connectivity index (χ4v) is 5.57. The highest BCUT2D eigenvalue weighted by Gasteiger charge is 2.23. The van der Waals surface area contributed by atoms with E-state index in [1.807, 2.05) is 0 Å². The van der Waals surface area contributed by atoms with Crippen LogP contribution in [0.2, 0.25) is 5.02 Å². The second-order valence-corrected chi connectivity index (χ2v) is 10.2. The number of aromatic nitrogens is 1. The Morgan fingerprint density at radius 1 is 0.967 bits per heavy atom. The predicted octanol–water partition coefficient (Wildman–Crippen LogP) is 1.20. The Morgan fingerprint density at radius 2 is 1.67 bits per heavy atom. The number of nitrogens with zero attached hydrogens (tertiary/aromatic N) is 1. The van der Waals surface area contributed by atoms with E-state index in [4.69, 9.17) is 17.3 Å². The van der Waals surface area contributed by atoms with Gasteiger partial charge in [0, 0.05) is 23.5 Å². The third kappa shape index (κ3) is 5.18. The first-order valence-corrected chi connectivity index (χ1v) is 12.2. The zero-order chi connectivity index (χ0) is 21.9. The summed E-state index contributed by atoms with van der Waals surface area (Å²) in [7, 11) is -7.89. The number of hydrogen-bond acceptors (Lipinski definition) is 5. The SMILES string of the molecule is NC(=O)c1cc2ccccc2n1S(=O)(=O)NCCNS(=O)(=O)Cc1cccc(Cl)c1. The minimum absolute atomic E-state index is 0.187. The molecule has 1 heterocycles. The molecule has 9 nitrogen and oxygen atoms in total. The van der Waals surface area contributed by atoms with Crippen molar-refractivity contribution in [3.8, 4) is 0 Å². The number of halogens is 1. The van der Waals surface area contributed by atoms with Crippen LogP contribution in [-0.2, 0) is 26.0 Å². The lowest BCUT2D eigenvalue weighted by molar-refractivity contribution is 0.0995. The topological polar surface area (TPSA) is 140 Å². The molecule has 3 rings (SSSR count). The molecule has 2 aromatic carbocycles. The molecule has 30 heavy (non-hydrogen) atoms. The third-order valence-electron chi connectivity index (χ3n) is 4.14. The molecule has 0 saturated carbocycles. The number of hydrogen-bond donors (Lipinski definition) is 3. The molecule has 0 atom stereocenters. The molecule has 0 aliphatic carbocycles. The Kier molecular flexibility index (Phi) is 6.48. The van der Waals surface area contributed by atoms with E-state index in [1.54, 1.807) is 36.4 Å². The molecule has 0 radical (unpaired) electrons. The van der Waals surface area contributed by atoms with Gasteiger partial charge in [-0.25, -0.2) is 17.1 Å².